The molecule has 0 aromatic rings. The van der Waals surface area contributed by atoms with Crippen LogP contribution in [0.3, 0.4) is 0 Å². The Balaban J connectivity index is 1.98. The standard InChI is InChI=1S/C15H28N2O2/c1-3-17(10-13-6-8-19-11-13)14(18)15(16)7-4-5-12(2)9-15/h12-13H,3-11,16H2,1-2H3. The second-order valence-electron chi connectivity index (χ2n) is 6.43. The molecule has 19 heavy (non-hydrogen) atoms. The molecule has 1 heterocycles. The number of ether oxygens (including phenoxy) is 1. The highest BCUT2D eigenvalue weighted by Crippen LogP contribution is 2.32. The van der Waals surface area contributed by atoms with Crippen LogP contribution in [-0.2, 0) is 9.53 Å². The number of carbonyl (C=O) groups excluding carboxylic acids is 1. The predicted molar refractivity (Wildman–Crippen MR) is 75.7 cm³/mol. The van der Waals surface area contributed by atoms with Gasteiger partial charge in [-0.1, -0.05) is 19.8 Å². The summed E-state index contributed by atoms with van der Waals surface area (Å²) in [5.74, 6) is 1.22. The highest BCUT2D eigenvalue weighted by atomic mass is 16.5. The van der Waals surface area contributed by atoms with Crippen molar-refractivity contribution in [1.29, 1.82) is 0 Å². The summed E-state index contributed by atoms with van der Waals surface area (Å²) in [5, 5.41) is 0. The zero-order valence-electron chi connectivity index (χ0n) is 12.4. The lowest BCUT2D eigenvalue weighted by Crippen LogP contribution is -2.58. The van der Waals surface area contributed by atoms with Gasteiger partial charge < -0.3 is 15.4 Å². The molecule has 2 fully saturated rings. The van der Waals surface area contributed by atoms with E-state index in [0.717, 1.165) is 52.0 Å². The molecule has 1 saturated heterocycles. The van der Waals surface area contributed by atoms with E-state index in [0.29, 0.717) is 11.8 Å². The zero-order chi connectivity index (χ0) is 13.9. The molecule has 3 unspecified atom stereocenters. The average Bonchev–Trinajstić information content (AvgIpc) is 2.87. The third kappa shape index (κ3) is 3.48. The van der Waals surface area contributed by atoms with Crippen LogP contribution < -0.4 is 5.73 Å². The third-order valence-corrected chi connectivity index (χ3v) is 4.63. The van der Waals surface area contributed by atoms with Gasteiger partial charge in [-0.3, -0.25) is 4.79 Å². The van der Waals surface area contributed by atoms with Gasteiger partial charge in [0.05, 0.1) is 12.1 Å². The van der Waals surface area contributed by atoms with Gasteiger partial charge in [0, 0.05) is 25.6 Å². The van der Waals surface area contributed by atoms with Crippen LogP contribution in [0.2, 0.25) is 0 Å². The maximum atomic E-state index is 12.7. The van der Waals surface area contributed by atoms with Crippen molar-refractivity contribution >= 4 is 5.91 Å². The molecule has 2 rings (SSSR count). The Morgan fingerprint density at radius 2 is 2.26 bits per heavy atom. The van der Waals surface area contributed by atoms with E-state index in [1.54, 1.807) is 0 Å². The molecule has 1 aliphatic heterocycles. The summed E-state index contributed by atoms with van der Waals surface area (Å²) >= 11 is 0. The van der Waals surface area contributed by atoms with Crippen molar-refractivity contribution < 1.29 is 9.53 Å². The Kier molecular flexibility index (Phi) is 4.85. The fraction of sp³-hybridized carbons (Fsp3) is 0.933. The van der Waals surface area contributed by atoms with Gasteiger partial charge in [0.25, 0.3) is 0 Å². The normalized spacial score (nSPS) is 35.3. The lowest BCUT2D eigenvalue weighted by molar-refractivity contribution is -0.139. The van der Waals surface area contributed by atoms with Crippen molar-refractivity contribution in [3.8, 4) is 0 Å². The van der Waals surface area contributed by atoms with Crippen LogP contribution in [0.1, 0.15) is 46.0 Å². The summed E-state index contributed by atoms with van der Waals surface area (Å²) in [6.45, 7) is 7.43. The topological polar surface area (TPSA) is 55.6 Å². The quantitative estimate of drug-likeness (QED) is 0.845. The maximum absolute atomic E-state index is 12.7. The number of rotatable bonds is 4. The third-order valence-electron chi connectivity index (χ3n) is 4.63. The maximum Gasteiger partial charge on any atom is 0.242 e. The molecule has 4 nitrogen and oxygen atoms in total. The fourth-order valence-corrected chi connectivity index (χ4v) is 3.50. The van der Waals surface area contributed by atoms with Crippen molar-refractivity contribution in [1.82, 2.24) is 4.90 Å². The molecule has 1 aliphatic carbocycles. The van der Waals surface area contributed by atoms with E-state index < -0.39 is 5.54 Å². The molecular weight excluding hydrogens is 240 g/mol. The smallest absolute Gasteiger partial charge is 0.242 e. The first kappa shape index (κ1) is 14.8. The van der Waals surface area contributed by atoms with Crippen molar-refractivity contribution in [2.45, 2.75) is 51.5 Å². The molecule has 0 spiro atoms. The second-order valence-corrected chi connectivity index (χ2v) is 6.43. The van der Waals surface area contributed by atoms with Gasteiger partial charge >= 0.3 is 0 Å². The van der Waals surface area contributed by atoms with Crippen molar-refractivity contribution in [2.75, 3.05) is 26.3 Å². The first-order valence-electron chi connectivity index (χ1n) is 7.71. The summed E-state index contributed by atoms with van der Waals surface area (Å²) < 4.78 is 5.40. The molecule has 0 bridgehead atoms. The fourth-order valence-electron chi connectivity index (χ4n) is 3.50. The summed E-state index contributed by atoms with van der Waals surface area (Å²) in [6.07, 6.45) is 5.03. The van der Waals surface area contributed by atoms with Crippen molar-refractivity contribution in [3.63, 3.8) is 0 Å². The number of nitrogens with zero attached hydrogens (tertiary/aromatic N) is 1. The van der Waals surface area contributed by atoms with Crippen LogP contribution in [0, 0.1) is 11.8 Å². The molecule has 2 N–H and O–H groups in total. The number of carbonyl (C=O) groups is 1. The highest BCUT2D eigenvalue weighted by molar-refractivity contribution is 5.86. The monoisotopic (exact) mass is 268 g/mol. The van der Waals surface area contributed by atoms with Crippen LogP contribution in [0.4, 0.5) is 0 Å². The molecule has 1 saturated carbocycles. The molecule has 1 amide bonds. The molecule has 0 radical (unpaired) electrons. The van der Waals surface area contributed by atoms with Crippen LogP contribution in [-0.4, -0.2) is 42.6 Å². The minimum Gasteiger partial charge on any atom is -0.381 e. The molecule has 3 atom stereocenters. The summed E-state index contributed by atoms with van der Waals surface area (Å²) in [5.41, 5.74) is 5.80. The molecule has 0 aromatic carbocycles. The van der Waals surface area contributed by atoms with Gasteiger partial charge in [-0.25, -0.2) is 0 Å². The van der Waals surface area contributed by atoms with Gasteiger partial charge in [0.2, 0.25) is 5.91 Å². The van der Waals surface area contributed by atoms with E-state index in [1.807, 2.05) is 11.8 Å². The van der Waals surface area contributed by atoms with E-state index >= 15 is 0 Å². The van der Waals surface area contributed by atoms with E-state index in [1.165, 1.54) is 6.42 Å². The van der Waals surface area contributed by atoms with E-state index in [2.05, 4.69) is 6.92 Å². The summed E-state index contributed by atoms with van der Waals surface area (Å²) in [6, 6.07) is 0. The zero-order valence-corrected chi connectivity index (χ0v) is 12.4. The van der Waals surface area contributed by atoms with Crippen LogP contribution in [0.15, 0.2) is 0 Å². The SMILES string of the molecule is CCN(CC1CCOC1)C(=O)C1(N)CCCC(C)C1. The number of likely N-dealkylation sites (N-methyl/N-ethyl adjacent to an activating group) is 1. The Hall–Kier alpha value is -0.610. The molecular formula is C15H28N2O2. The van der Waals surface area contributed by atoms with Crippen molar-refractivity contribution in [2.24, 2.45) is 17.6 Å². The Morgan fingerprint density at radius 1 is 1.47 bits per heavy atom. The molecule has 110 valence electrons. The molecule has 4 heteroatoms. The van der Waals surface area contributed by atoms with E-state index in [4.69, 9.17) is 10.5 Å². The van der Waals surface area contributed by atoms with Gasteiger partial charge in [-0.2, -0.15) is 0 Å². The lowest BCUT2D eigenvalue weighted by atomic mass is 9.76. The van der Waals surface area contributed by atoms with Crippen LogP contribution in [0.5, 0.6) is 0 Å². The van der Waals surface area contributed by atoms with Crippen molar-refractivity contribution in [3.05, 3.63) is 0 Å². The molecule has 0 aromatic heterocycles. The number of hydrogen-bond acceptors (Lipinski definition) is 3. The number of hydrogen-bond donors (Lipinski definition) is 1. The van der Waals surface area contributed by atoms with Crippen LogP contribution >= 0.6 is 0 Å². The van der Waals surface area contributed by atoms with Gasteiger partial charge in [0.1, 0.15) is 0 Å². The largest absolute Gasteiger partial charge is 0.381 e. The Morgan fingerprint density at radius 3 is 2.84 bits per heavy atom. The minimum absolute atomic E-state index is 0.161. The van der Waals surface area contributed by atoms with E-state index in [-0.39, 0.29) is 5.91 Å². The highest BCUT2D eigenvalue weighted by Gasteiger charge is 2.40. The molecule has 2 aliphatic rings. The number of amides is 1. The average molecular weight is 268 g/mol. The predicted octanol–water partition coefficient (Wildman–Crippen LogP) is 1.78. The summed E-state index contributed by atoms with van der Waals surface area (Å²) in [7, 11) is 0. The van der Waals surface area contributed by atoms with Gasteiger partial charge in [0.15, 0.2) is 0 Å². The van der Waals surface area contributed by atoms with Crippen LogP contribution in [0.25, 0.3) is 0 Å². The van der Waals surface area contributed by atoms with Gasteiger partial charge in [-0.05, 0) is 32.1 Å². The Bertz CT molecular complexity index is 315. The Labute approximate surface area is 116 Å². The minimum atomic E-state index is -0.618. The van der Waals surface area contributed by atoms with E-state index in [9.17, 15) is 4.79 Å². The van der Waals surface area contributed by atoms with Gasteiger partial charge in [-0.15, -0.1) is 0 Å². The first-order chi connectivity index (χ1) is 9.05. The summed E-state index contributed by atoms with van der Waals surface area (Å²) in [4.78, 5) is 14.7. The second kappa shape index (κ2) is 6.23. The first-order valence-corrected chi connectivity index (χ1v) is 7.71. The lowest BCUT2D eigenvalue weighted by Gasteiger charge is -2.39. The number of nitrogens with two attached hydrogens (primary N) is 1.